The van der Waals surface area contributed by atoms with Gasteiger partial charge in [0.1, 0.15) is 12.4 Å². The van der Waals surface area contributed by atoms with E-state index in [9.17, 15) is 18.0 Å². The van der Waals surface area contributed by atoms with Crippen molar-refractivity contribution in [2.45, 2.75) is 25.4 Å². The van der Waals surface area contributed by atoms with E-state index in [1.54, 1.807) is 0 Å². The number of amides is 1. The molecule has 0 unspecified atom stereocenters. The van der Waals surface area contributed by atoms with Crippen LogP contribution in [0.2, 0.25) is 0 Å². The van der Waals surface area contributed by atoms with Crippen LogP contribution in [0, 0.1) is 0 Å². The van der Waals surface area contributed by atoms with E-state index in [0.29, 0.717) is 37.6 Å². The standard InChI is InChI=1S/C20H21F3N4O2/c21-20(22,23)16-8-15-11-26(19(28)29-13-14-4-2-1-3-5-14)12-17-10-24-6-7-27(17)18(15)25-9-16/h1-5,8-9,17,24H,6-7,10-13H2/t17-/m1/s1. The van der Waals surface area contributed by atoms with Crippen LogP contribution in [-0.2, 0) is 24.1 Å². The van der Waals surface area contributed by atoms with E-state index in [0.717, 1.165) is 17.8 Å². The fourth-order valence-corrected chi connectivity index (χ4v) is 3.71. The third kappa shape index (κ3) is 4.29. The van der Waals surface area contributed by atoms with Gasteiger partial charge in [-0.1, -0.05) is 30.3 Å². The maximum atomic E-state index is 13.2. The second-order valence-electron chi connectivity index (χ2n) is 7.18. The lowest BCUT2D eigenvalue weighted by Gasteiger charge is -2.37. The van der Waals surface area contributed by atoms with Gasteiger partial charge in [-0.2, -0.15) is 13.2 Å². The minimum absolute atomic E-state index is 0.0207. The number of rotatable bonds is 2. The Balaban J connectivity index is 1.59. The highest BCUT2D eigenvalue weighted by Gasteiger charge is 2.36. The van der Waals surface area contributed by atoms with E-state index in [2.05, 4.69) is 10.3 Å². The molecular formula is C20H21F3N4O2. The molecule has 1 saturated heterocycles. The Morgan fingerprint density at radius 3 is 2.83 bits per heavy atom. The van der Waals surface area contributed by atoms with Crippen LogP contribution >= 0.6 is 0 Å². The first-order valence-electron chi connectivity index (χ1n) is 9.41. The lowest BCUT2D eigenvalue weighted by molar-refractivity contribution is -0.137. The van der Waals surface area contributed by atoms with Crippen LogP contribution in [0.5, 0.6) is 0 Å². The Morgan fingerprint density at radius 1 is 1.28 bits per heavy atom. The van der Waals surface area contributed by atoms with Crippen molar-refractivity contribution in [1.29, 1.82) is 0 Å². The molecule has 2 aliphatic heterocycles. The van der Waals surface area contributed by atoms with E-state index in [1.165, 1.54) is 4.90 Å². The molecule has 1 amide bonds. The number of carbonyl (C=O) groups is 1. The number of hydrogen-bond donors (Lipinski definition) is 1. The van der Waals surface area contributed by atoms with Crippen molar-refractivity contribution in [3.63, 3.8) is 0 Å². The predicted octanol–water partition coefficient (Wildman–Crippen LogP) is 3.03. The zero-order valence-corrected chi connectivity index (χ0v) is 15.7. The predicted molar refractivity (Wildman–Crippen MR) is 100 cm³/mol. The summed E-state index contributed by atoms with van der Waals surface area (Å²) >= 11 is 0. The number of aromatic nitrogens is 1. The highest BCUT2D eigenvalue weighted by Crippen LogP contribution is 2.34. The van der Waals surface area contributed by atoms with Gasteiger partial charge in [0.25, 0.3) is 0 Å². The van der Waals surface area contributed by atoms with Gasteiger partial charge >= 0.3 is 12.3 Å². The number of ether oxygens (including phenoxy) is 1. The van der Waals surface area contributed by atoms with Gasteiger partial charge < -0.3 is 19.9 Å². The molecule has 9 heteroatoms. The van der Waals surface area contributed by atoms with Gasteiger partial charge in [-0.25, -0.2) is 9.78 Å². The van der Waals surface area contributed by atoms with Crippen LogP contribution in [0.4, 0.5) is 23.8 Å². The van der Waals surface area contributed by atoms with Crippen LogP contribution in [0.25, 0.3) is 0 Å². The lowest BCUT2D eigenvalue weighted by Crippen LogP contribution is -2.55. The first-order valence-corrected chi connectivity index (χ1v) is 9.41. The highest BCUT2D eigenvalue weighted by atomic mass is 19.4. The van der Waals surface area contributed by atoms with Gasteiger partial charge in [0.05, 0.1) is 18.2 Å². The van der Waals surface area contributed by atoms with Crippen molar-refractivity contribution in [3.05, 3.63) is 59.3 Å². The number of anilines is 1. The normalized spacial score (nSPS) is 19.2. The number of piperazine rings is 1. The smallest absolute Gasteiger partial charge is 0.417 e. The van der Waals surface area contributed by atoms with E-state index in [4.69, 9.17) is 4.74 Å². The summed E-state index contributed by atoms with van der Waals surface area (Å²) < 4.78 is 45.0. The molecule has 6 nitrogen and oxygen atoms in total. The van der Waals surface area contributed by atoms with E-state index in [1.807, 2.05) is 35.2 Å². The molecule has 0 saturated carbocycles. The number of halogens is 3. The molecule has 1 aromatic heterocycles. The van der Waals surface area contributed by atoms with E-state index in [-0.39, 0.29) is 19.2 Å². The zero-order chi connectivity index (χ0) is 20.4. The van der Waals surface area contributed by atoms with E-state index >= 15 is 0 Å². The summed E-state index contributed by atoms with van der Waals surface area (Å²) in [5.41, 5.74) is 0.404. The van der Waals surface area contributed by atoms with Crippen molar-refractivity contribution in [2.24, 2.45) is 0 Å². The average molecular weight is 406 g/mol. The monoisotopic (exact) mass is 406 g/mol. The molecular weight excluding hydrogens is 385 g/mol. The maximum absolute atomic E-state index is 13.2. The summed E-state index contributed by atoms with van der Waals surface area (Å²) in [4.78, 5) is 20.3. The number of nitrogens with zero attached hydrogens (tertiary/aromatic N) is 3. The van der Waals surface area contributed by atoms with Crippen LogP contribution in [0.1, 0.15) is 16.7 Å². The Labute approximate surface area is 166 Å². The van der Waals surface area contributed by atoms with Crippen molar-refractivity contribution in [2.75, 3.05) is 31.1 Å². The molecule has 0 spiro atoms. The average Bonchev–Trinajstić information content (AvgIpc) is 2.88. The molecule has 154 valence electrons. The molecule has 3 heterocycles. The minimum atomic E-state index is -4.49. The molecule has 1 fully saturated rings. The first-order chi connectivity index (χ1) is 13.9. The molecule has 2 aromatic rings. The Kier molecular flexibility index (Phi) is 5.31. The Hall–Kier alpha value is -2.81. The summed E-state index contributed by atoms with van der Waals surface area (Å²) in [7, 11) is 0. The van der Waals surface area contributed by atoms with Crippen molar-refractivity contribution in [3.8, 4) is 0 Å². The summed E-state index contributed by atoms with van der Waals surface area (Å²) in [6.07, 6.45) is -4.18. The van der Waals surface area contributed by atoms with Gasteiger partial charge in [-0.15, -0.1) is 0 Å². The van der Waals surface area contributed by atoms with Gasteiger partial charge in [0.2, 0.25) is 0 Å². The summed E-state index contributed by atoms with van der Waals surface area (Å²) in [6.45, 7) is 2.41. The third-order valence-electron chi connectivity index (χ3n) is 5.15. The van der Waals surface area contributed by atoms with Crippen molar-refractivity contribution >= 4 is 11.9 Å². The first kappa shape index (κ1) is 19.5. The SMILES string of the molecule is O=C(OCc1ccccc1)N1Cc2cc(C(F)(F)F)cnc2N2CCNC[C@@H]2C1. The zero-order valence-electron chi connectivity index (χ0n) is 15.7. The number of fused-ring (bicyclic) bond motifs is 3. The number of nitrogens with one attached hydrogen (secondary N) is 1. The number of benzene rings is 1. The third-order valence-corrected chi connectivity index (χ3v) is 5.15. The van der Waals surface area contributed by atoms with Gasteiger partial charge in [0, 0.05) is 37.9 Å². The molecule has 1 aromatic carbocycles. The summed E-state index contributed by atoms with van der Waals surface area (Å²) in [5, 5.41) is 3.27. The van der Waals surface area contributed by atoms with Gasteiger partial charge in [-0.3, -0.25) is 0 Å². The molecule has 1 atom stereocenters. The topological polar surface area (TPSA) is 57.7 Å². The highest BCUT2D eigenvalue weighted by molar-refractivity contribution is 5.69. The van der Waals surface area contributed by atoms with Crippen LogP contribution in [0.3, 0.4) is 0 Å². The second kappa shape index (κ2) is 7.90. The molecule has 2 aliphatic rings. The Morgan fingerprint density at radius 2 is 2.07 bits per heavy atom. The number of carbonyl (C=O) groups excluding carboxylic acids is 1. The summed E-state index contributed by atoms with van der Waals surface area (Å²) in [5.74, 6) is 0.503. The van der Waals surface area contributed by atoms with Crippen molar-refractivity contribution < 1.29 is 22.7 Å². The van der Waals surface area contributed by atoms with Gasteiger partial charge in [-0.05, 0) is 11.6 Å². The molecule has 0 aliphatic carbocycles. The van der Waals surface area contributed by atoms with Crippen LogP contribution in [-0.4, -0.2) is 48.2 Å². The van der Waals surface area contributed by atoms with Crippen molar-refractivity contribution in [1.82, 2.24) is 15.2 Å². The quantitative estimate of drug-likeness (QED) is 0.831. The molecule has 1 N–H and O–H groups in total. The maximum Gasteiger partial charge on any atom is 0.417 e. The molecule has 29 heavy (non-hydrogen) atoms. The second-order valence-corrected chi connectivity index (χ2v) is 7.18. The summed E-state index contributed by atoms with van der Waals surface area (Å²) in [6, 6.07) is 10.3. The Bertz CT molecular complexity index is 876. The number of pyridine rings is 1. The fraction of sp³-hybridized carbons (Fsp3) is 0.400. The number of hydrogen-bond acceptors (Lipinski definition) is 5. The van der Waals surface area contributed by atoms with E-state index < -0.39 is 17.8 Å². The molecule has 0 radical (unpaired) electrons. The lowest BCUT2D eigenvalue weighted by atomic mass is 10.1. The van der Waals surface area contributed by atoms with Crippen LogP contribution in [0.15, 0.2) is 42.6 Å². The van der Waals surface area contributed by atoms with Crippen LogP contribution < -0.4 is 10.2 Å². The van der Waals surface area contributed by atoms with Gasteiger partial charge in [0.15, 0.2) is 0 Å². The fourth-order valence-electron chi connectivity index (χ4n) is 3.71. The minimum Gasteiger partial charge on any atom is -0.445 e. The molecule has 0 bridgehead atoms. The molecule has 4 rings (SSSR count). The number of alkyl halides is 3. The largest absolute Gasteiger partial charge is 0.445 e.